The Balaban J connectivity index is 1.32. The lowest BCUT2D eigenvalue weighted by atomic mass is 9.87. The predicted octanol–water partition coefficient (Wildman–Crippen LogP) is 5.66. The van der Waals surface area contributed by atoms with Gasteiger partial charge in [0.2, 0.25) is 0 Å². The highest BCUT2D eigenvalue weighted by Crippen LogP contribution is 2.38. The van der Waals surface area contributed by atoms with Gasteiger partial charge in [0.25, 0.3) is 5.91 Å². The average molecular weight is 506 g/mol. The predicted molar refractivity (Wildman–Crippen MR) is 151 cm³/mol. The van der Waals surface area contributed by atoms with E-state index in [1.807, 2.05) is 24.3 Å². The van der Waals surface area contributed by atoms with Crippen LogP contribution in [0.1, 0.15) is 46.5 Å². The number of fused-ring (bicyclic) bond motifs is 1. The minimum absolute atomic E-state index is 0.117. The highest BCUT2D eigenvalue weighted by molar-refractivity contribution is 5.80. The van der Waals surface area contributed by atoms with Gasteiger partial charge < -0.3 is 10.1 Å². The summed E-state index contributed by atoms with van der Waals surface area (Å²) < 4.78 is 6.15. The van der Waals surface area contributed by atoms with Crippen molar-refractivity contribution in [3.8, 4) is 5.75 Å². The minimum Gasteiger partial charge on any atom is -0.481 e. The zero-order valence-corrected chi connectivity index (χ0v) is 22.1. The number of aryl methyl sites for hydroxylation is 1. The third-order valence-electron chi connectivity index (χ3n) is 7.12. The van der Waals surface area contributed by atoms with Gasteiger partial charge in [0.1, 0.15) is 5.75 Å². The van der Waals surface area contributed by atoms with Gasteiger partial charge in [0.15, 0.2) is 6.10 Å². The van der Waals surface area contributed by atoms with Gasteiger partial charge in [-0.1, -0.05) is 72.3 Å². The highest BCUT2D eigenvalue weighted by Gasteiger charge is 2.29. The quantitative estimate of drug-likeness (QED) is 0.319. The molecule has 2 atom stereocenters. The number of hydrogen-bond acceptors (Lipinski definition) is 4. The van der Waals surface area contributed by atoms with E-state index in [0.717, 1.165) is 31.0 Å². The van der Waals surface area contributed by atoms with Crippen molar-refractivity contribution in [2.24, 2.45) is 0 Å². The molecule has 5 heteroatoms. The standard InChI is InChI=1S/C33H35N3O2/c1-24-9-8-10-26(21-24)23-36-20-17-27-14-15-30(22-31(27)32(36)28-11-4-3-5-12-28)38-25(2)33(37)35-19-16-29-13-6-7-18-34-29/h3-15,18,21-22,25,32H,16-17,19-20,23H2,1-2H3,(H,35,37). The third-order valence-corrected chi connectivity index (χ3v) is 7.12. The topological polar surface area (TPSA) is 54.5 Å². The lowest BCUT2D eigenvalue weighted by molar-refractivity contribution is -0.127. The van der Waals surface area contributed by atoms with Crippen molar-refractivity contribution < 1.29 is 9.53 Å². The summed E-state index contributed by atoms with van der Waals surface area (Å²) in [4.78, 5) is 19.6. The van der Waals surface area contributed by atoms with Gasteiger partial charge in [-0.3, -0.25) is 14.7 Å². The van der Waals surface area contributed by atoms with Crippen LogP contribution in [0, 0.1) is 6.92 Å². The van der Waals surface area contributed by atoms with Crippen molar-refractivity contribution in [2.75, 3.05) is 13.1 Å². The van der Waals surface area contributed by atoms with Crippen LogP contribution >= 0.6 is 0 Å². The van der Waals surface area contributed by atoms with Gasteiger partial charge in [-0.2, -0.15) is 0 Å². The Morgan fingerprint density at radius 3 is 2.66 bits per heavy atom. The van der Waals surface area contributed by atoms with Crippen LogP contribution in [-0.2, 0) is 24.2 Å². The normalized spacial score (nSPS) is 15.9. The molecule has 38 heavy (non-hydrogen) atoms. The van der Waals surface area contributed by atoms with Crippen LogP contribution in [0.15, 0.2) is 97.2 Å². The third kappa shape index (κ3) is 6.29. The van der Waals surface area contributed by atoms with Gasteiger partial charge in [-0.15, -0.1) is 0 Å². The molecule has 0 aliphatic carbocycles. The molecule has 1 N–H and O–H groups in total. The van der Waals surface area contributed by atoms with E-state index in [1.54, 1.807) is 13.1 Å². The molecule has 1 aliphatic rings. The number of ether oxygens (including phenoxy) is 1. The van der Waals surface area contributed by atoms with Crippen molar-refractivity contribution in [2.45, 2.75) is 45.4 Å². The first-order chi connectivity index (χ1) is 18.6. The number of carbonyl (C=O) groups is 1. The monoisotopic (exact) mass is 505 g/mol. The van der Waals surface area contributed by atoms with Crippen LogP contribution in [0.5, 0.6) is 5.75 Å². The molecule has 0 saturated carbocycles. The molecule has 0 radical (unpaired) electrons. The van der Waals surface area contributed by atoms with Crippen molar-refractivity contribution >= 4 is 5.91 Å². The Kier molecular flexibility index (Phi) is 8.15. The first kappa shape index (κ1) is 25.7. The molecule has 1 aliphatic heterocycles. The van der Waals surface area contributed by atoms with Crippen LogP contribution in [0.3, 0.4) is 0 Å². The van der Waals surface area contributed by atoms with Crippen LogP contribution in [0.4, 0.5) is 0 Å². The Labute approximate surface area is 225 Å². The van der Waals surface area contributed by atoms with E-state index in [9.17, 15) is 4.79 Å². The van der Waals surface area contributed by atoms with Crippen LogP contribution < -0.4 is 10.1 Å². The molecule has 4 aromatic rings. The first-order valence-corrected chi connectivity index (χ1v) is 13.4. The minimum atomic E-state index is -0.598. The van der Waals surface area contributed by atoms with Gasteiger partial charge in [-0.05, 0) is 66.8 Å². The Morgan fingerprint density at radius 2 is 1.87 bits per heavy atom. The second-order valence-electron chi connectivity index (χ2n) is 10.0. The molecule has 0 fully saturated rings. The number of amides is 1. The Bertz CT molecular complexity index is 1360. The van der Waals surface area contributed by atoms with E-state index in [2.05, 4.69) is 88.9 Å². The fourth-order valence-electron chi connectivity index (χ4n) is 5.22. The molecule has 2 unspecified atom stereocenters. The van der Waals surface area contributed by atoms with Gasteiger partial charge in [0.05, 0.1) is 6.04 Å². The maximum absolute atomic E-state index is 12.7. The molecular formula is C33H35N3O2. The second kappa shape index (κ2) is 12.1. The SMILES string of the molecule is Cc1cccc(CN2CCc3ccc(OC(C)C(=O)NCCc4ccccn4)cc3C2c2ccccc2)c1. The summed E-state index contributed by atoms with van der Waals surface area (Å²) in [5.41, 5.74) is 7.39. The van der Waals surface area contributed by atoms with E-state index in [-0.39, 0.29) is 11.9 Å². The zero-order valence-electron chi connectivity index (χ0n) is 22.1. The van der Waals surface area contributed by atoms with Crippen LogP contribution in [0.2, 0.25) is 0 Å². The number of nitrogens with zero attached hydrogens (tertiary/aromatic N) is 2. The molecule has 0 saturated heterocycles. The summed E-state index contributed by atoms with van der Waals surface area (Å²) in [6, 6.07) is 31.6. The maximum Gasteiger partial charge on any atom is 0.260 e. The zero-order chi connectivity index (χ0) is 26.3. The number of benzene rings is 3. The van der Waals surface area contributed by atoms with E-state index >= 15 is 0 Å². The summed E-state index contributed by atoms with van der Waals surface area (Å²) in [6.45, 7) is 6.33. The smallest absolute Gasteiger partial charge is 0.260 e. The van der Waals surface area contributed by atoms with Crippen molar-refractivity contribution in [3.05, 3.63) is 131 Å². The average Bonchev–Trinajstić information content (AvgIpc) is 2.94. The lowest BCUT2D eigenvalue weighted by Gasteiger charge is -2.38. The van der Waals surface area contributed by atoms with Gasteiger partial charge in [-0.25, -0.2) is 0 Å². The summed E-state index contributed by atoms with van der Waals surface area (Å²) in [6.07, 6.45) is 2.84. The van der Waals surface area contributed by atoms with Crippen molar-refractivity contribution in [3.63, 3.8) is 0 Å². The molecule has 5 nitrogen and oxygen atoms in total. The number of carbonyl (C=O) groups excluding carboxylic acids is 1. The first-order valence-electron chi connectivity index (χ1n) is 13.4. The fourth-order valence-corrected chi connectivity index (χ4v) is 5.22. The summed E-state index contributed by atoms with van der Waals surface area (Å²) in [5.74, 6) is 0.591. The van der Waals surface area contributed by atoms with Gasteiger partial charge >= 0.3 is 0 Å². The number of hydrogen-bond donors (Lipinski definition) is 1. The fraction of sp³-hybridized carbons (Fsp3) is 0.273. The summed E-state index contributed by atoms with van der Waals surface area (Å²) in [5, 5.41) is 2.97. The number of pyridine rings is 1. The van der Waals surface area contributed by atoms with E-state index in [0.29, 0.717) is 13.0 Å². The molecule has 0 spiro atoms. The number of aromatic nitrogens is 1. The molecule has 2 heterocycles. The summed E-state index contributed by atoms with van der Waals surface area (Å²) >= 11 is 0. The number of nitrogens with one attached hydrogen (secondary N) is 1. The van der Waals surface area contributed by atoms with Crippen molar-refractivity contribution in [1.29, 1.82) is 0 Å². The molecular weight excluding hydrogens is 470 g/mol. The van der Waals surface area contributed by atoms with Gasteiger partial charge in [0, 0.05) is 37.9 Å². The van der Waals surface area contributed by atoms with Crippen LogP contribution in [-0.4, -0.2) is 35.0 Å². The van der Waals surface area contributed by atoms with Crippen LogP contribution in [0.25, 0.3) is 0 Å². The molecule has 194 valence electrons. The molecule has 0 bridgehead atoms. The van der Waals surface area contributed by atoms with E-state index < -0.39 is 6.10 Å². The molecule has 3 aromatic carbocycles. The van der Waals surface area contributed by atoms with E-state index in [4.69, 9.17) is 4.74 Å². The molecule has 1 aromatic heterocycles. The van der Waals surface area contributed by atoms with E-state index in [1.165, 1.54) is 27.8 Å². The largest absolute Gasteiger partial charge is 0.481 e. The Morgan fingerprint density at radius 1 is 1.03 bits per heavy atom. The lowest BCUT2D eigenvalue weighted by Crippen LogP contribution is -2.38. The highest BCUT2D eigenvalue weighted by atomic mass is 16.5. The molecule has 5 rings (SSSR count). The van der Waals surface area contributed by atoms with Crippen molar-refractivity contribution in [1.82, 2.24) is 15.2 Å². The summed E-state index contributed by atoms with van der Waals surface area (Å²) in [7, 11) is 0. The Hall–Kier alpha value is -3.96. The molecule has 1 amide bonds. The second-order valence-corrected chi connectivity index (χ2v) is 10.0. The number of rotatable bonds is 9. The maximum atomic E-state index is 12.7.